The zero-order valence-electron chi connectivity index (χ0n) is 13.5. The van der Waals surface area contributed by atoms with Crippen LogP contribution in [0.5, 0.6) is 0 Å². The van der Waals surface area contributed by atoms with Gasteiger partial charge in [0.15, 0.2) is 0 Å². The monoisotopic (exact) mass is 296 g/mol. The third kappa shape index (κ3) is 3.60. The molecule has 1 aliphatic heterocycles. The van der Waals surface area contributed by atoms with Gasteiger partial charge in [-0.2, -0.15) is 0 Å². The number of ether oxygens (including phenoxy) is 1. The SMILES string of the molecule is CNC(Cc1nc(C(C)(C)C)cs1)C1(C)CCCCO1. The van der Waals surface area contributed by atoms with Gasteiger partial charge in [0, 0.05) is 29.9 Å². The molecule has 3 nitrogen and oxygen atoms in total. The highest BCUT2D eigenvalue weighted by molar-refractivity contribution is 7.09. The summed E-state index contributed by atoms with van der Waals surface area (Å²) in [5.41, 5.74) is 1.28. The van der Waals surface area contributed by atoms with Gasteiger partial charge in [-0.25, -0.2) is 4.98 Å². The highest BCUT2D eigenvalue weighted by Crippen LogP contribution is 2.31. The molecule has 2 atom stereocenters. The van der Waals surface area contributed by atoms with Crippen LogP contribution in [0.15, 0.2) is 5.38 Å². The van der Waals surface area contributed by atoms with E-state index in [1.165, 1.54) is 23.5 Å². The van der Waals surface area contributed by atoms with Crippen LogP contribution >= 0.6 is 11.3 Å². The van der Waals surface area contributed by atoms with Crippen LogP contribution in [0, 0.1) is 0 Å². The van der Waals surface area contributed by atoms with Crippen molar-refractivity contribution in [2.75, 3.05) is 13.7 Å². The zero-order chi connectivity index (χ0) is 14.8. The molecular weight excluding hydrogens is 268 g/mol. The first-order chi connectivity index (χ1) is 9.35. The second-order valence-electron chi connectivity index (χ2n) is 7.04. The van der Waals surface area contributed by atoms with Gasteiger partial charge in [0.25, 0.3) is 0 Å². The molecule has 4 heteroatoms. The van der Waals surface area contributed by atoms with Crippen LogP contribution in [0.4, 0.5) is 0 Å². The van der Waals surface area contributed by atoms with Crippen LogP contribution in [0.3, 0.4) is 0 Å². The molecule has 0 amide bonds. The first kappa shape index (κ1) is 15.9. The topological polar surface area (TPSA) is 34.2 Å². The number of aromatic nitrogens is 1. The smallest absolute Gasteiger partial charge is 0.0945 e. The third-order valence-corrected chi connectivity index (χ3v) is 5.15. The van der Waals surface area contributed by atoms with Crippen LogP contribution in [-0.2, 0) is 16.6 Å². The van der Waals surface area contributed by atoms with E-state index in [1.807, 2.05) is 7.05 Å². The van der Waals surface area contributed by atoms with E-state index in [0.717, 1.165) is 19.4 Å². The molecule has 2 rings (SSSR count). The normalized spacial score (nSPS) is 25.6. The number of nitrogens with one attached hydrogen (secondary N) is 1. The Bertz CT molecular complexity index is 430. The van der Waals surface area contributed by atoms with Crippen molar-refractivity contribution in [3.05, 3.63) is 16.1 Å². The van der Waals surface area contributed by atoms with Crippen LogP contribution in [-0.4, -0.2) is 30.3 Å². The summed E-state index contributed by atoms with van der Waals surface area (Å²) in [4.78, 5) is 4.82. The summed E-state index contributed by atoms with van der Waals surface area (Å²) in [5.74, 6) is 0. The summed E-state index contributed by atoms with van der Waals surface area (Å²) in [6, 6.07) is 0.335. The molecule has 0 aromatic carbocycles. The highest BCUT2D eigenvalue weighted by Gasteiger charge is 2.36. The molecule has 1 aliphatic rings. The predicted molar refractivity (Wildman–Crippen MR) is 85.6 cm³/mol. The summed E-state index contributed by atoms with van der Waals surface area (Å²) in [6.45, 7) is 9.78. The van der Waals surface area contributed by atoms with Crippen molar-refractivity contribution < 1.29 is 4.74 Å². The molecule has 1 saturated heterocycles. The Morgan fingerprint density at radius 1 is 1.45 bits per heavy atom. The fraction of sp³-hybridized carbons (Fsp3) is 0.812. The second kappa shape index (κ2) is 6.12. The molecule has 1 fully saturated rings. The van der Waals surface area contributed by atoms with Crippen molar-refractivity contribution in [2.45, 2.75) is 70.4 Å². The number of hydrogen-bond donors (Lipinski definition) is 1. The highest BCUT2D eigenvalue weighted by atomic mass is 32.1. The van der Waals surface area contributed by atoms with E-state index in [-0.39, 0.29) is 11.0 Å². The number of rotatable bonds is 4. The van der Waals surface area contributed by atoms with Crippen molar-refractivity contribution in [3.63, 3.8) is 0 Å². The Balaban J connectivity index is 2.08. The summed E-state index contributed by atoms with van der Waals surface area (Å²) in [6.07, 6.45) is 4.54. The molecule has 0 spiro atoms. The Kier molecular flexibility index (Phi) is 4.88. The maximum atomic E-state index is 6.08. The molecule has 0 bridgehead atoms. The Morgan fingerprint density at radius 3 is 2.70 bits per heavy atom. The van der Waals surface area contributed by atoms with Gasteiger partial charge in [0.05, 0.1) is 16.3 Å². The van der Waals surface area contributed by atoms with E-state index < -0.39 is 0 Å². The van der Waals surface area contributed by atoms with Crippen molar-refractivity contribution in [3.8, 4) is 0 Å². The summed E-state index contributed by atoms with van der Waals surface area (Å²) < 4.78 is 6.08. The quantitative estimate of drug-likeness (QED) is 0.923. The van der Waals surface area contributed by atoms with Crippen LogP contribution in [0.1, 0.15) is 57.7 Å². The Morgan fingerprint density at radius 2 is 2.20 bits per heavy atom. The van der Waals surface area contributed by atoms with E-state index in [9.17, 15) is 0 Å². The van der Waals surface area contributed by atoms with Crippen molar-refractivity contribution in [1.82, 2.24) is 10.3 Å². The molecule has 2 unspecified atom stereocenters. The van der Waals surface area contributed by atoms with E-state index in [0.29, 0.717) is 6.04 Å². The lowest BCUT2D eigenvalue weighted by atomic mass is 9.86. The van der Waals surface area contributed by atoms with Crippen molar-refractivity contribution >= 4 is 11.3 Å². The largest absolute Gasteiger partial charge is 0.374 e. The van der Waals surface area contributed by atoms with Gasteiger partial charge in [-0.1, -0.05) is 20.8 Å². The lowest BCUT2D eigenvalue weighted by Crippen LogP contribution is -2.52. The fourth-order valence-electron chi connectivity index (χ4n) is 2.78. The molecule has 0 saturated carbocycles. The standard InChI is InChI=1S/C16H28N2OS/c1-15(2,3)13-11-20-14(18-13)10-12(17-5)16(4)8-6-7-9-19-16/h11-12,17H,6-10H2,1-5H3. The first-order valence-electron chi connectivity index (χ1n) is 7.61. The molecule has 2 heterocycles. The summed E-state index contributed by atoms with van der Waals surface area (Å²) >= 11 is 1.78. The molecule has 114 valence electrons. The minimum absolute atomic E-state index is 0.0550. The zero-order valence-corrected chi connectivity index (χ0v) is 14.3. The van der Waals surface area contributed by atoms with Crippen molar-refractivity contribution in [1.29, 1.82) is 0 Å². The molecule has 1 aromatic heterocycles. The molecule has 0 aliphatic carbocycles. The minimum atomic E-state index is -0.0550. The maximum Gasteiger partial charge on any atom is 0.0945 e. The first-order valence-corrected chi connectivity index (χ1v) is 8.49. The van der Waals surface area contributed by atoms with Gasteiger partial charge in [-0.15, -0.1) is 11.3 Å². The van der Waals surface area contributed by atoms with Gasteiger partial charge in [0.2, 0.25) is 0 Å². The molecule has 20 heavy (non-hydrogen) atoms. The van der Waals surface area contributed by atoms with Crippen LogP contribution in [0.25, 0.3) is 0 Å². The lowest BCUT2D eigenvalue weighted by Gasteiger charge is -2.40. The molecular formula is C16H28N2OS. The summed E-state index contributed by atoms with van der Waals surface area (Å²) in [5, 5.41) is 6.86. The number of hydrogen-bond acceptors (Lipinski definition) is 4. The van der Waals surface area contributed by atoms with Crippen molar-refractivity contribution in [2.24, 2.45) is 0 Å². The number of likely N-dealkylation sites (N-methyl/N-ethyl adjacent to an activating group) is 1. The average Bonchev–Trinajstić information content (AvgIpc) is 2.85. The third-order valence-electron chi connectivity index (χ3n) is 4.28. The minimum Gasteiger partial charge on any atom is -0.374 e. The molecule has 1 aromatic rings. The van der Waals surface area contributed by atoms with E-state index in [4.69, 9.17) is 9.72 Å². The van der Waals surface area contributed by atoms with E-state index in [2.05, 4.69) is 38.4 Å². The lowest BCUT2D eigenvalue weighted by molar-refractivity contribution is -0.0870. The number of nitrogens with zero attached hydrogens (tertiary/aromatic N) is 1. The van der Waals surface area contributed by atoms with Crippen LogP contribution < -0.4 is 5.32 Å². The van der Waals surface area contributed by atoms with Gasteiger partial charge in [-0.3, -0.25) is 0 Å². The van der Waals surface area contributed by atoms with E-state index >= 15 is 0 Å². The van der Waals surface area contributed by atoms with Crippen LogP contribution in [0.2, 0.25) is 0 Å². The van der Waals surface area contributed by atoms with Gasteiger partial charge < -0.3 is 10.1 Å². The van der Waals surface area contributed by atoms with Gasteiger partial charge in [0.1, 0.15) is 0 Å². The Labute approximate surface area is 127 Å². The van der Waals surface area contributed by atoms with Gasteiger partial charge >= 0.3 is 0 Å². The molecule has 1 N–H and O–H groups in total. The fourth-order valence-corrected chi connectivity index (χ4v) is 3.85. The Hall–Kier alpha value is -0.450. The predicted octanol–water partition coefficient (Wildman–Crippen LogP) is 3.53. The second-order valence-corrected chi connectivity index (χ2v) is 7.98. The maximum absolute atomic E-state index is 6.08. The average molecular weight is 296 g/mol. The summed E-state index contributed by atoms with van der Waals surface area (Å²) in [7, 11) is 2.03. The molecule has 0 radical (unpaired) electrons. The van der Waals surface area contributed by atoms with Gasteiger partial charge in [-0.05, 0) is 33.2 Å². The number of thiazole rings is 1. The van der Waals surface area contributed by atoms with E-state index in [1.54, 1.807) is 11.3 Å².